The number of hydrogen-bond donors (Lipinski definition) is 1. The van der Waals surface area contributed by atoms with Gasteiger partial charge in [0.2, 0.25) is 0 Å². The molecule has 0 saturated carbocycles. The van der Waals surface area contributed by atoms with Gasteiger partial charge in [-0.05, 0) is 69.2 Å². The normalized spacial score (nSPS) is 16.8. The van der Waals surface area contributed by atoms with Crippen molar-refractivity contribution in [3.8, 4) is 11.4 Å². The van der Waals surface area contributed by atoms with E-state index < -0.39 is 17.7 Å². The highest BCUT2D eigenvalue weighted by Crippen LogP contribution is 2.41. The predicted molar refractivity (Wildman–Crippen MR) is 152 cm³/mol. The zero-order chi connectivity index (χ0) is 27.9. The van der Waals surface area contributed by atoms with Gasteiger partial charge in [-0.1, -0.05) is 51.1 Å². The largest absolute Gasteiger partial charge is 0.507 e. The number of hydrogen-bond acceptors (Lipinski definition) is 6. The number of benzene rings is 2. The van der Waals surface area contributed by atoms with Crippen molar-refractivity contribution in [1.29, 1.82) is 0 Å². The second-order valence-corrected chi connectivity index (χ2v) is 9.68. The monoisotopic (exact) mass is 530 g/mol. The van der Waals surface area contributed by atoms with Crippen LogP contribution in [0.15, 0.2) is 66.4 Å². The third kappa shape index (κ3) is 5.91. The minimum atomic E-state index is -0.730. The summed E-state index contributed by atoms with van der Waals surface area (Å²) >= 11 is 0. The first-order valence-electron chi connectivity index (χ1n) is 13.7. The van der Waals surface area contributed by atoms with Crippen LogP contribution in [0.3, 0.4) is 0 Å². The summed E-state index contributed by atoms with van der Waals surface area (Å²) in [5, 5.41) is 16.0. The Balaban J connectivity index is 1.77. The first-order valence-corrected chi connectivity index (χ1v) is 13.7. The summed E-state index contributed by atoms with van der Waals surface area (Å²) in [6.45, 7) is 11.7. The van der Waals surface area contributed by atoms with Crippen molar-refractivity contribution in [2.24, 2.45) is 0 Å². The van der Waals surface area contributed by atoms with Crippen LogP contribution >= 0.6 is 0 Å². The number of aliphatic hydroxyl groups is 1. The standard InChI is InChI=1S/C31H38N4O4/c1-5-19-39-25-16-11-13-23(20-25)28-27(30(37)31(38)34(28)18-12-17-33(6-2)7-3)29(36)26-21-32-35(22(26)4)24-14-9-8-10-15-24/h8-11,13-16,20-21,28,36H,5-7,12,17-19H2,1-4H3. The van der Waals surface area contributed by atoms with Gasteiger partial charge in [0.15, 0.2) is 0 Å². The van der Waals surface area contributed by atoms with E-state index in [4.69, 9.17) is 4.74 Å². The van der Waals surface area contributed by atoms with Crippen molar-refractivity contribution < 1.29 is 19.4 Å². The molecule has 0 radical (unpaired) electrons. The number of ether oxygens (including phenoxy) is 1. The van der Waals surface area contributed by atoms with Crippen LogP contribution in [0.25, 0.3) is 11.4 Å². The topological polar surface area (TPSA) is 87.9 Å². The Morgan fingerprint density at radius 3 is 2.49 bits per heavy atom. The van der Waals surface area contributed by atoms with E-state index in [1.165, 1.54) is 0 Å². The molecule has 8 nitrogen and oxygen atoms in total. The molecule has 39 heavy (non-hydrogen) atoms. The van der Waals surface area contributed by atoms with Crippen molar-refractivity contribution >= 4 is 17.4 Å². The molecule has 1 amide bonds. The van der Waals surface area contributed by atoms with E-state index >= 15 is 0 Å². The summed E-state index contributed by atoms with van der Waals surface area (Å²) in [6.07, 6.45) is 3.12. The highest BCUT2D eigenvalue weighted by molar-refractivity contribution is 6.46. The maximum atomic E-state index is 13.5. The van der Waals surface area contributed by atoms with Gasteiger partial charge >= 0.3 is 0 Å². The van der Waals surface area contributed by atoms with Crippen molar-refractivity contribution in [3.63, 3.8) is 0 Å². The maximum absolute atomic E-state index is 13.5. The lowest BCUT2D eigenvalue weighted by Crippen LogP contribution is -2.33. The fraction of sp³-hybridized carbons (Fsp3) is 0.387. The molecule has 0 bridgehead atoms. The lowest BCUT2D eigenvalue weighted by atomic mass is 9.95. The molecule has 1 aromatic heterocycles. The van der Waals surface area contributed by atoms with E-state index in [9.17, 15) is 14.7 Å². The minimum absolute atomic E-state index is 0.0752. The van der Waals surface area contributed by atoms with Crippen LogP contribution in [0.2, 0.25) is 0 Å². The van der Waals surface area contributed by atoms with Crippen LogP contribution in [0, 0.1) is 6.92 Å². The molecule has 1 atom stereocenters. The zero-order valence-electron chi connectivity index (χ0n) is 23.3. The number of aliphatic hydroxyl groups excluding tert-OH is 1. The number of aromatic nitrogens is 2. The van der Waals surface area contributed by atoms with Crippen LogP contribution in [-0.4, -0.2) is 69.2 Å². The van der Waals surface area contributed by atoms with Gasteiger partial charge in [-0.2, -0.15) is 5.10 Å². The summed E-state index contributed by atoms with van der Waals surface area (Å²) in [7, 11) is 0. The van der Waals surface area contributed by atoms with E-state index in [0.29, 0.717) is 36.6 Å². The maximum Gasteiger partial charge on any atom is 0.295 e. The van der Waals surface area contributed by atoms with Gasteiger partial charge in [-0.3, -0.25) is 9.59 Å². The summed E-state index contributed by atoms with van der Waals surface area (Å²) in [5.74, 6) is -0.846. The van der Waals surface area contributed by atoms with Gasteiger partial charge in [0.05, 0.1) is 41.4 Å². The van der Waals surface area contributed by atoms with Crippen LogP contribution in [-0.2, 0) is 9.59 Å². The minimum Gasteiger partial charge on any atom is -0.507 e. The van der Waals surface area contributed by atoms with Crippen LogP contribution in [0.4, 0.5) is 0 Å². The number of Topliss-reactive ketones (excluding diaryl/α,β-unsaturated/α-hetero) is 1. The summed E-state index contributed by atoms with van der Waals surface area (Å²) in [5.41, 5.74) is 2.73. The van der Waals surface area contributed by atoms with Gasteiger partial charge in [0.1, 0.15) is 11.5 Å². The molecule has 0 spiro atoms. The second-order valence-electron chi connectivity index (χ2n) is 9.68. The Morgan fingerprint density at radius 1 is 1.05 bits per heavy atom. The number of nitrogens with zero attached hydrogens (tertiary/aromatic N) is 4. The number of ketones is 1. The van der Waals surface area contributed by atoms with Crippen molar-refractivity contribution in [1.82, 2.24) is 19.6 Å². The molecule has 1 aliphatic rings. The van der Waals surface area contributed by atoms with Crippen LogP contribution < -0.4 is 4.74 Å². The van der Waals surface area contributed by atoms with Crippen molar-refractivity contribution in [2.75, 3.05) is 32.8 Å². The molecule has 1 N–H and O–H groups in total. The molecular weight excluding hydrogens is 492 g/mol. The molecular formula is C31H38N4O4. The molecule has 8 heteroatoms. The van der Waals surface area contributed by atoms with E-state index in [1.54, 1.807) is 15.8 Å². The van der Waals surface area contributed by atoms with E-state index in [2.05, 4.69) is 23.8 Å². The molecule has 4 rings (SSSR count). The molecule has 1 unspecified atom stereocenters. The second kappa shape index (κ2) is 12.8. The first kappa shape index (κ1) is 28.1. The molecule has 206 valence electrons. The number of para-hydroxylation sites is 1. The van der Waals surface area contributed by atoms with Gasteiger partial charge in [-0.25, -0.2) is 4.68 Å². The Labute approximate surface area is 230 Å². The quantitative estimate of drug-likeness (QED) is 0.199. The molecule has 1 fully saturated rings. The predicted octanol–water partition coefficient (Wildman–Crippen LogP) is 5.12. The summed E-state index contributed by atoms with van der Waals surface area (Å²) in [4.78, 5) is 30.7. The van der Waals surface area contributed by atoms with Crippen molar-refractivity contribution in [3.05, 3.63) is 83.2 Å². The smallest absolute Gasteiger partial charge is 0.295 e. The molecule has 0 aliphatic carbocycles. The van der Waals surface area contributed by atoms with Crippen molar-refractivity contribution in [2.45, 2.75) is 46.6 Å². The lowest BCUT2D eigenvalue weighted by molar-refractivity contribution is -0.140. The lowest BCUT2D eigenvalue weighted by Gasteiger charge is -2.27. The number of carbonyl (C=O) groups excluding carboxylic acids is 2. The molecule has 2 heterocycles. The Morgan fingerprint density at radius 2 is 1.79 bits per heavy atom. The molecule has 3 aromatic rings. The van der Waals surface area contributed by atoms with Gasteiger partial charge < -0.3 is 19.6 Å². The molecule has 2 aromatic carbocycles. The van der Waals surface area contributed by atoms with Gasteiger partial charge in [0, 0.05) is 6.54 Å². The Kier molecular flexibility index (Phi) is 9.19. The van der Waals surface area contributed by atoms with Crippen LogP contribution in [0.5, 0.6) is 5.75 Å². The Bertz CT molecular complexity index is 1330. The fourth-order valence-corrected chi connectivity index (χ4v) is 5.07. The number of rotatable bonds is 12. The molecule has 1 aliphatic heterocycles. The number of amides is 1. The van der Waals surface area contributed by atoms with E-state index in [1.807, 2.05) is 68.4 Å². The SMILES string of the molecule is CCCOc1cccc(C2C(=C(O)c3cnn(-c4ccccc4)c3C)C(=O)C(=O)N2CCCN(CC)CC)c1. The van der Waals surface area contributed by atoms with Gasteiger partial charge in [-0.15, -0.1) is 0 Å². The molecule has 1 saturated heterocycles. The summed E-state index contributed by atoms with van der Waals surface area (Å²) in [6, 6.07) is 16.3. The third-order valence-corrected chi connectivity index (χ3v) is 7.22. The highest BCUT2D eigenvalue weighted by atomic mass is 16.5. The number of likely N-dealkylation sites (tertiary alicyclic amines) is 1. The highest BCUT2D eigenvalue weighted by Gasteiger charge is 2.46. The average Bonchev–Trinajstić information content (AvgIpc) is 3.47. The fourth-order valence-electron chi connectivity index (χ4n) is 5.07. The van der Waals surface area contributed by atoms with E-state index in [0.717, 1.165) is 37.3 Å². The average molecular weight is 531 g/mol. The third-order valence-electron chi connectivity index (χ3n) is 7.22. The van der Waals surface area contributed by atoms with Crippen LogP contribution in [0.1, 0.15) is 56.5 Å². The number of carbonyl (C=O) groups is 2. The van der Waals surface area contributed by atoms with Gasteiger partial charge in [0.25, 0.3) is 11.7 Å². The summed E-state index contributed by atoms with van der Waals surface area (Å²) < 4.78 is 7.56. The van der Waals surface area contributed by atoms with E-state index in [-0.39, 0.29) is 11.3 Å². The Hall–Kier alpha value is -3.91. The first-order chi connectivity index (χ1) is 18.9. The zero-order valence-corrected chi connectivity index (χ0v) is 23.3.